The molecule has 0 saturated heterocycles. The van der Waals surface area contributed by atoms with E-state index < -0.39 is 0 Å². The predicted octanol–water partition coefficient (Wildman–Crippen LogP) is 4.10. The molecule has 12 heavy (non-hydrogen) atoms. The van der Waals surface area contributed by atoms with E-state index in [9.17, 15) is 0 Å². The second kappa shape index (κ2) is 3.40. The highest BCUT2D eigenvalue weighted by atomic mass is 14.4. The lowest BCUT2D eigenvalue weighted by molar-refractivity contribution is 0.0754. The first-order valence-corrected chi connectivity index (χ1v) is 5.46. The molecule has 72 valence electrons. The molecule has 0 heterocycles. The predicted molar refractivity (Wildman–Crippen MR) is 55.1 cm³/mol. The van der Waals surface area contributed by atoms with Crippen LogP contribution in [0.2, 0.25) is 0 Å². The standard InChI is InChI=1S/C12H24/c1-9(2)12(5)7-6-10(3)11(4)8-12/h9-11H,6-8H2,1-5H3/t10-,11+,12+/m1/s1. The Bertz CT molecular complexity index is 148. The molecule has 1 fully saturated rings. The normalized spacial score (nSPS) is 43.5. The Hall–Kier alpha value is 0. The van der Waals surface area contributed by atoms with Crippen LogP contribution in [-0.4, -0.2) is 0 Å². The highest BCUT2D eigenvalue weighted by molar-refractivity contribution is 4.86. The fourth-order valence-corrected chi connectivity index (χ4v) is 2.41. The first kappa shape index (κ1) is 10.1. The van der Waals surface area contributed by atoms with Crippen molar-refractivity contribution in [2.45, 2.75) is 53.9 Å². The molecule has 1 aliphatic carbocycles. The molecule has 0 spiro atoms. The lowest BCUT2D eigenvalue weighted by atomic mass is 9.62. The molecular weight excluding hydrogens is 144 g/mol. The van der Waals surface area contributed by atoms with Crippen molar-refractivity contribution in [2.75, 3.05) is 0 Å². The molecule has 0 amide bonds. The zero-order valence-corrected chi connectivity index (χ0v) is 9.35. The Kier molecular flexibility index (Phi) is 2.85. The third-order valence-electron chi connectivity index (χ3n) is 4.32. The maximum atomic E-state index is 2.47. The molecule has 0 aromatic carbocycles. The van der Waals surface area contributed by atoms with Crippen LogP contribution in [0.5, 0.6) is 0 Å². The lowest BCUT2D eigenvalue weighted by Gasteiger charge is -2.43. The average Bonchev–Trinajstić information content (AvgIpc) is 1.97. The van der Waals surface area contributed by atoms with Crippen molar-refractivity contribution in [3.63, 3.8) is 0 Å². The number of hydrogen-bond donors (Lipinski definition) is 0. The van der Waals surface area contributed by atoms with Crippen LogP contribution in [0.15, 0.2) is 0 Å². The van der Waals surface area contributed by atoms with Crippen LogP contribution >= 0.6 is 0 Å². The van der Waals surface area contributed by atoms with Crippen molar-refractivity contribution in [1.82, 2.24) is 0 Å². The summed E-state index contributed by atoms with van der Waals surface area (Å²) < 4.78 is 0. The minimum atomic E-state index is 0.631. The summed E-state index contributed by atoms with van der Waals surface area (Å²) in [5.41, 5.74) is 0.631. The van der Waals surface area contributed by atoms with Crippen LogP contribution in [0.1, 0.15) is 53.9 Å². The molecule has 0 aliphatic heterocycles. The first-order chi connectivity index (χ1) is 5.46. The third kappa shape index (κ3) is 1.84. The summed E-state index contributed by atoms with van der Waals surface area (Å²) >= 11 is 0. The van der Waals surface area contributed by atoms with E-state index >= 15 is 0 Å². The van der Waals surface area contributed by atoms with Crippen molar-refractivity contribution in [3.05, 3.63) is 0 Å². The summed E-state index contributed by atoms with van der Waals surface area (Å²) in [6.07, 6.45) is 4.32. The zero-order chi connectivity index (χ0) is 9.35. The molecule has 0 nitrogen and oxygen atoms in total. The summed E-state index contributed by atoms with van der Waals surface area (Å²) in [6, 6.07) is 0. The van der Waals surface area contributed by atoms with Gasteiger partial charge in [-0.25, -0.2) is 0 Å². The van der Waals surface area contributed by atoms with Gasteiger partial charge in [0.05, 0.1) is 0 Å². The van der Waals surface area contributed by atoms with Crippen LogP contribution in [0.4, 0.5) is 0 Å². The molecule has 0 N–H and O–H groups in total. The van der Waals surface area contributed by atoms with E-state index in [1.165, 1.54) is 19.3 Å². The summed E-state index contributed by atoms with van der Waals surface area (Å²) in [6.45, 7) is 12.1. The fourth-order valence-electron chi connectivity index (χ4n) is 2.41. The van der Waals surface area contributed by atoms with Gasteiger partial charge in [-0.05, 0) is 42.4 Å². The van der Waals surface area contributed by atoms with Gasteiger partial charge in [0.25, 0.3) is 0 Å². The van der Waals surface area contributed by atoms with Crippen molar-refractivity contribution in [1.29, 1.82) is 0 Å². The summed E-state index contributed by atoms with van der Waals surface area (Å²) in [4.78, 5) is 0. The van der Waals surface area contributed by atoms with Crippen LogP contribution in [0.25, 0.3) is 0 Å². The van der Waals surface area contributed by atoms with Gasteiger partial charge in [0, 0.05) is 0 Å². The third-order valence-corrected chi connectivity index (χ3v) is 4.32. The summed E-state index contributed by atoms with van der Waals surface area (Å²) in [5, 5.41) is 0. The highest BCUT2D eigenvalue weighted by Gasteiger charge is 2.35. The fraction of sp³-hybridized carbons (Fsp3) is 1.00. The van der Waals surface area contributed by atoms with Gasteiger partial charge in [0.15, 0.2) is 0 Å². The van der Waals surface area contributed by atoms with Crippen molar-refractivity contribution < 1.29 is 0 Å². The van der Waals surface area contributed by atoms with Crippen molar-refractivity contribution in [2.24, 2.45) is 23.2 Å². The molecule has 3 atom stereocenters. The Morgan fingerprint density at radius 2 is 1.75 bits per heavy atom. The Labute approximate surface area is 77.7 Å². The highest BCUT2D eigenvalue weighted by Crippen LogP contribution is 2.46. The smallest absolute Gasteiger partial charge is 0.0300 e. The van der Waals surface area contributed by atoms with E-state index in [4.69, 9.17) is 0 Å². The minimum absolute atomic E-state index is 0.631. The van der Waals surface area contributed by atoms with E-state index in [0.717, 1.165) is 17.8 Å². The second-order valence-electron chi connectivity index (χ2n) is 5.51. The molecule has 0 unspecified atom stereocenters. The van der Waals surface area contributed by atoms with E-state index in [1.807, 2.05) is 0 Å². The lowest BCUT2D eigenvalue weighted by Crippen LogP contribution is -2.33. The number of hydrogen-bond acceptors (Lipinski definition) is 0. The van der Waals surface area contributed by atoms with Gasteiger partial charge < -0.3 is 0 Å². The van der Waals surface area contributed by atoms with Crippen molar-refractivity contribution in [3.8, 4) is 0 Å². The summed E-state index contributed by atoms with van der Waals surface area (Å²) in [5.74, 6) is 2.75. The van der Waals surface area contributed by atoms with Gasteiger partial charge in [-0.2, -0.15) is 0 Å². The van der Waals surface area contributed by atoms with Crippen LogP contribution in [-0.2, 0) is 0 Å². The minimum Gasteiger partial charge on any atom is -0.0623 e. The maximum Gasteiger partial charge on any atom is -0.0300 e. The van der Waals surface area contributed by atoms with E-state index in [2.05, 4.69) is 34.6 Å². The quantitative estimate of drug-likeness (QED) is 0.553. The molecule has 0 heteroatoms. The maximum absolute atomic E-state index is 2.47. The molecule has 1 aliphatic rings. The van der Waals surface area contributed by atoms with E-state index in [1.54, 1.807) is 0 Å². The Morgan fingerprint density at radius 3 is 2.17 bits per heavy atom. The number of rotatable bonds is 1. The topological polar surface area (TPSA) is 0 Å². The molecule has 0 bridgehead atoms. The van der Waals surface area contributed by atoms with Gasteiger partial charge in [0.1, 0.15) is 0 Å². The largest absolute Gasteiger partial charge is 0.0623 e. The van der Waals surface area contributed by atoms with Crippen molar-refractivity contribution >= 4 is 0 Å². The Morgan fingerprint density at radius 1 is 1.17 bits per heavy atom. The van der Waals surface area contributed by atoms with Gasteiger partial charge in [-0.15, -0.1) is 0 Å². The summed E-state index contributed by atoms with van der Waals surface area (Å²) in [7, 11) is 0. The van der Waals surface area contributed by atoms with Gasteiger partial charge in [-0.3, -0.25) is 0 Å². The van der Waals surface area contributed by atoms with Gasteiger partial charge in [0.2, 0.25) is 0 Å². The molecule has 0 aromatic rings. The van der Waals surface area contributed by atoms with Gasteiger partial charge >= 0.3 is 0 Å². The van der Waals surface area contributed by atoms with Crippen LogP contribution in [0.3, 0.4) is 0 Å². The monoisotopic (exact) mass is 168 g/mol. The van der Waals surface area contributed by atoms with Gasteiger partial charge in [-0.1, -0.05) is 34.6 Å². The second-order valence-corrected chi connectivity index (χ2v) is 5.51. The zero-order valence-electron chi connectivity index (χ0n) is 9.35. The van der Waals surface area contributed by atoms with Crippen LogP contribution in [0, 0.1) is 23.2 Å². The molecular formula is C12H24. The first-order valence-electron chi connectivity index (χ1n) is 5.46. The van der Waals surface area contributed by atoms with E-state index in [0.29, 0.717) is 5.41 Å². The molecule has 0 aromatic heterocycles. The SMILES string of the molecule is CC(C)[C@@]1(C)CC[C@@H](C)[C@@H](C)C1. The average molecular weight is 168 g/mol. The van der Waals surface area contributed by atoms with Crippen LogP contribution < -0.4 is 0 Å². The van der Waals surface area contributed by atoms with E-state index in [-0.39, 0.29) is 0 Å². The molecule has 1 rings (SSSR count). The Balaban J connectivity index is 2.60. The molecule has 1 saturated carbocycles. The molecule has 0 radical (unpaired) electrons.